The summed E-state index contributed by atoms with van der Waals surface area (Å²) in [5.74, 6) is 1.13. The monoisotopic (exact) mass is 445 g/mol. The van der Waals surface area contributed by atoms with Gasteiger partial charge in [0.05, 0.1) is 13.5 Å². The number of methoxy groups -OCH3 is 1. The summed E-state index contributed by atoms with van der Waals surface area (Å²) in [6.07, 6.45) is 0.503. The van der Waals surface area contributed by atoms with E-state index in [0.29, 0.717) is 17.5 Å². The van der Waals surface area contributed by atoms with Crippen molar-refractivity contribution in [2.45, 2.75) is 23.8 Å². The van der Waals surface area contributed by atoms with Gasteiger partial charge >= 0.3 is 0 Å². The quantitative estimate of drug-likeness (QED) is 0.364. The van der Waals surface area contributed by atoms with Crippen molar-refractivity contribution < 1.29 is 13.9 Å². The van der Waals surface area contributed by atoms with Crippen LogP contribution < -0.4 is 10.1 Å². The first-order chi connectivity index (χ1) is 15.6. The van der Waals surface area contributed by atoms with E-state index in [4.69, 9.17) is 9.15 Å². The van der Waals surface area contributed by atoms with Crippen molar-refractivity contribution in [1.29, 1.82) is 0 Å². The molecule has 4 rings (SSSR count). The Balaban J connectivity index is 1.49. The number of thioether (sulfide) groups is 1. The Morgan fingerprint density at radius 3 is 2.41 bits per heavy atom. The maximum absolute atomic E-state index is 13.1. The Morgan fingerprint density at radius 2 is 1.72 bits per heavy atom. The third-order valence-corrected chi connectivity index (χ3v) is 5.93. The highest BCUT2D eigenvalue weighted by Crippen LogP contribution is 2.35. The van der Waals surface area contributed by atoms with E-state index in [2.05, 4.69) is 15.5 Å². The number of aromatic nitrogens is 2. The number of nitrogens with zero attached hydrogens (tertiary/aromatic N) is 2. The maximum atomic E-state index is 13.1. The summed E-state index contributed by atoms with van der Waals surface area (Å²) in [5.41, 5.74) is 3.76. The number of benzene rings is 3. The van der Waals surface area contributed by atoms with Crippen molar-refractivity contribution in [3.05, 3.63) is 101 Å². The average Bonchev–Trinajstić information content (AvgIpc) is 3.27. The second kappa shape index (κ2) is 10.2. The summed E-state index contributed by atoms with van der Waals surface area (Å²) < 4.78 is 11.0. The number of anilines is 1. The molecule has 0 saturated heterocycles. The molecule has 162 valence electrons. The Labute approximate surface area is 191 Å². The zero-order chi connectivity index (χ0) is 22.3. The molecule has 3 aromatic carbocycles. The van der Waals surface area contributed by atoms with Gasteiger partial charge in [-0.1, -0.05) is 60.2 Å². The van der Waals surface area contributed by atoms with Crippen molar-refractivity contribution in [1.82, 2.24) is 10.2 Å². The number of hydrogen-bond acceptors (Lipinski definition) is 6. The van der Waals surface area contributed by atoms with E-state index in [0.717, 1.165) is 28.1 Å². The van der Waals surface area contributed by atoms with Gasteiger partial charge in [-0.2, -0.15) is 0 Å². The molecule has 1 heterocycles. The predicted octanol–water partition coefficient (Wildman–Crippen LogP) is 5.45. The first kappa shape index (κ1) is 21.6. The summed E-state index contributed by atoms with van der Waals surface area (Å²) in [6.45, 7) is 2.01. The second-order valence-electron chi connectivity index (χ2n) is 7.25. The van der Waals surface area contributed by atoms with Crippen molar-refractivity contribution in [3.63, 3.8) is 0 Å². The van der Waals surface area contributed by atoms with Gasteiger partial charge in [0, 0.05) is 5.69 Å². The highest BCUT2D eigenvalue weighted by Gasteiger charge is 2.25. The maximum Gasteiger partial charge on any atom is 0.277 e. The van der Waals surface area contributed by atoms with Crippen LogP contribution in [0.4, 0.5) is 5.69 Å². The smallest absolute Gasteiger partial charge is 0.277 e. The van der Waals surface area contributed by atoms with Crippen molar-refractivity contribution in [2.24, 2.45) is 0 Å². The van der Waals surface area contributed by atoms with Gasteiger partial charge in [-0.3, -0.25) is 4.79 Å². The van der Waals surface area contributed by atoms with Crippen LogP contribution in [-0.4, -0.2) is 23.2 Å². The van der Waals surface area contributed by atoms with Gasteiger partial charge in [0.15, 0.2) is 0 Å². The Kier molecular flexibility index (Phi) is 6.87. The van der Waals surface area contributed by atoms with Crippen molar-refractivity contribution in [3.8, 4) is 5.75 Å². The normalized spacial score (nSPS) is 11.7. The number of ether oxygens (including phenoxy) is 1. The van der Waals surface area contributed by atoms with Crippen LogP contribution in [0.25, 0.3) is 0 Å². The summed E-state index contributed by atoms with van der Waals surface area (Å²) in [7, 11) is 1.63. The SMILES string of the molecule is COc1ccc(Cc2nnc(S[C@H](C(=O)Nc3ccc(C)cc3)c3ccccc3)o2)cc1. The third kappa shape index (κ3) is 5.56. The molecule has 0 aliphatic carbocycles. The van der Waals surface area contributed by atoms with Crippen LogP contribution in [0.3, 0.4) is 0 Å². The fourth-order valence-electron chi connectivity index (χ4n) is 3.12. The molecule has 1 N–H and O–H groups in total. The van der Waals surface area contributed by atoms with Gasteiger partial charge in [-0.15, -0.1) is 10.2 Å². The van der Waals surface area contributed by atoms with Gasteiger partial charge in [-0.25, -0.2) is 0 Å². The van der Waals surface area contributed by atoms with Crippen LogP contribution in [0.2, 0.25) is 0 Å². The zero-order valence-electron chi connectivity index (χ0n) is 17.8. The van der Waals surface area contributed by atoms with E-state index >= 15 is 0 Å². The van der Waals surface area contributed by atoms with Crippen LogP contribution in [0, 0.1) is 6.92 Å². The molecule has 0 unspecified atom stereocenters. The zero-order valence-corrected chi connectivity index (χ0v) is 18.6. The third-order valence-electron chi connectivity index (χ3n) is 4.84. The average molecular weight is 446 g/mol. The van der Waals surface area contributed by atoms with E-state index in [-0.39, 0.29) is 5.91 Å². The molecule has 7 heteroatoms. The minimum absolute atomic E-state index is 0.153. The van der Waals surface area contributed by atoms with Crippen LogP contribution in [-0.2, 0) is 11.2 Å². The number of carbonyl (C=O) groups is 1. The number of rotatable bonds is 8. The molecule has 0 aliphatic rings. The molecule has 0 fully saturated rings. The summed E-state index contributed by atoms with van der Waals surface area (Å²) in [5, 5.41) is 11.1. The molecule has 1 aromatic heterocycles. The fourth-order valence-corrected chi connectivity index (χ4v) is 4.01. The van der Waals surface area contributed by atoms with Gasteiger partial charge in [0.25, 0.3) is 5.22 Å². The first-order valence-electron chi connectivity index (χ1n) is 10.1. The summed E-state index contributed by atoms with van der Waals surface area (Å²) >= 11 is 1.24. The molecule has 0 spiro atoms. The molecule has 0 aliphatic heterocycles. The highest BCUT2D eigenvalue weighted by molar-refractivity contribution is 8.00. The molecule has 32 heavy (non-hydrogen) atoms. The Morgan fingerprint density at radius 1 is 1.00 bits per heavy atom. The molecular weight excluding hydrogens is 422 g/mol. The van der Waals surface area contributed by atoms with Crippen LogP contribution in [0.5, 0.6) is 5.75 Å². The first-order valence-corrected chi connectivity index (χ1v) is 11.0. The van der Waals surface area contributed by atoms with E-state index in [1.165, 1.54) is 11.8 Å². The number of hydrogen-bond donors (Lipinski definition) is 1. The number of nitrogens with one attached hydrogen (secondary N) is 1. The van der Waals surface area contributed by atoms with E-state index in [1.54, 1.807) is 7.11 Å². The van der Waals surface area contributed by atoms with Gasteiger partial charge in [0.1, 0.15) is 11.0 Å². The molecule has 4 aromatic rings. The van der Waals surface area contributed by atoms with Crippen LogP contribution >= 0.6 is 11.8 Å². The molecule has 1 atom stereocenters. The minimum atomic E-state index is -0.535. The lowest BCUT2D eigenvalue weighted by Crippen LogP contribution is -2.19. The lowest BCUT2D eigenvalue weighted by molar-refractivity contribution is -0.115. The Bertz CT molecular complexity index is 1160. The van der Waals surface area contributed by atoms with E-state index < -0.39 is 5.25 Å². The summed E-state index contributed by atoms with van der Waals surface area (Å²) in [4.78, 5) is 13.1. The molecular formula is C25H23N3O3S. The lowest BCUT2D eigenvalue weighted by Gasteiger charge is -2.15. The largest absolute Gasteiger partial charge is 0.497 e. The van der Waals surface area contributed by atoms with Crippen LogP contribution in [0.1, 0.15) is 27.8 Å². The van der Waals surface area contributed by atoms with Gasteiger partial charge < -0.3 is 14.5 Å². The number of carbonyl (C=O) groups excluding carboxylic acids is 1. The van der Waals surface area contributed by atoms with Crippen molar-refractivity contribution in [2.75, 3.05) is 12.4 Å². The van der Waals surface area contributed by atoms with Crippen molar-refractivity contribution >= 4 is 23.4 Å². The number of aryl methyl sites for hydroxylation is 1. The molecule has 0 bridgehead atoms. The molecule has 0 radical (unpaired) electrons. The molecule has 6 nitrogen and oxygen atoms in total. The van der Waals surface area contributed by atoms with E-state index in [9.17, 15) is 4.79 Å². The second-order valence-corrected chi connectivity index (χ2v) is 8.31. The van der Waals surface area contributed by atoms with Gasteiger partial charge in [-0.05, 0) is 54.1 Å². The van der Waals surface area contributed by atoms with Crippen LogP contribution in [0.15, 0.2) is 88.5 Å². The molecule has 1 amide bonds. The lowest BCUT2D eigenvalue weighted by atomic mass is 10.1. The number of amides is 1. The topological polar surface area (TPSA) is 77.2 Å². The fraction of sp³-hybridized carbons (Fsp3) is 0.160. The van der Waals surface area contributed by atoms with Gasteiger partial charge in [0.2, 0.25) is 11.8 Å². The standard InChI is InChI=1S/C25H23N3O3S/c1-17-8-12-20(13-9-17)26-24(29)23(19-6-4-3-5-7-19)32-25-28-27-22(31-25)16-18-10-14-21(30-2)15-11-18/h3-15,23H,16H2,1-2H3,(H,26,29)/t23-/m0/s1. The Hall–Kier alpha value is -3.58. The predicted molar refractivity (Wildman–Crippen MR) is 125 cm³/mol. The minimum Gasteiger partial charge on any atom is -0.497 e. The molecule has 0 saturated carbocycles. The van der Waals surface area contributed by atoms with E-state index in [1.807, 2.05) is 85.8 Å². The highest BCUT2D eigenvalue weighted by atomic mass is 32.2. The summed E-state index contributed by atoms with van der Waals surface area (Å²) in [6, 6.07) is 25.0.